The number of guanidine groups is 1. The van der Waals surface area contributed by atoms with Crippen LogP contribution in [0.25, 0.3) is 11.9 Å². The molecule has 0 fully saturated rings. The topological polar surface area (TPSA) is 111 Å². The van der Waals surface area contributed by atoms with Gasteiger partial charge in [0, 0.05) is 13.5 Å². The Morgan fingerprint density at radius 1 is 1.38 bits per heavy atom. The summed E-state index contributed by atoms with van der Waals surface area (Å²) in [5, 5.41) is 0. The Bertz CT molecular complexity index is 1310. The summed E-state index contributed by atoms with van der Waals surface area (Å²) in [7, 11) is -2.39. The van der Waals surface area contributed by atoms with Crippen molar-refractivity contribution in [2.24, 2.45) is 10.7 Å². The fraction of sp³-hybridized carbons (Fsp3) is 0.286. The minimum atomic E-state index is -3.70. The van der Waals surface area contributed by atoms with Crippen molar-refractivity contribution >= 4 is 27.9 Å². The molecule has 1 atom stereocenters. The van der Waals surface area contributed by atoms with Crippen LogP contribution in [0.3, 0.4) is 0 Å². The lowest BCUT2D eigenvalue weighted by Crippen LogP contribution is -2.55. The summed E-state index contributed by atoms with van der Waals surface area (Å²) < 4.78 is 60.3. The second kappa shape index (κ2) is 7.87. The van der Waals surface area contributed by atoms with Gasteiger partial charge in [0.2, 0.25) is 21.9 Å². The predicted octanol–water partition coefficient (Wildman–Crippen LogP) is 1.83. The zero-order valence-electron chi connectivity index (χ0n) is 17.3. The number of rotatable bonds is 4. The van der Waals surface area contributed by atoms with Gasteiger partial charge in [-0.05, 0) is 41.8 Å². The lowest BCUT2D eigenvalue weighted by Gasteiger charge is -2.44. The lowest BCUT2D eigenvalue weighted by atomic mass is 9.71. The van der Waals surface area contributed by atoms with Crippen molar-refractivity contribution in [3.63, 3.8) is 0 Å². The maximum absolute atomic E-state index is 14.7. The molecule has 8 nitrogen and oxygen atoms in total. The van der Waals surface area contributed by atoms with Crippen molar-refractivity contribution in [1.82, 2.24) is 14.3 Å². The fourth-order valence-corrected chi connectivity index (χ4v) is 5.07. The van der Waals surface area contributed by atoms with Gasteiger partial charge in [-0.3, -0.25) is 0 Å². The number of ether oxygens (including phenoxy) is 1. The van der Waals surface area contributed by atoms with Crippen LogP contribution in [-0.4, -0.2) is 48.1 Å². The van der Waals surface area contributed by atoms with Crippen molar-refractivity contribution in [1.29, 1.82) is 0 Å². The molecule has 2 aliphatic rings. The van der Waals surface area contributed by atoms with Crippen LogP contribution in [0.5, 0.6) is 5.88 Å². The summed E-state index contributed by atoms with van der Waals surface area (Å²) in [5.41, 5.74) is 5.45. The molecule has 0 unspecified atom stereocenters. The number of nitrogens with zero attached hydrogens (tertiary/aromatic N) is 4. The van der Waals surface area contributed by atoms with Crippen LogP contribution < -0.4 is 10.5 Å². The van der Waals surface area contributed by atoms with E-state index in [1.165, 1.54) is 31.6 Å². The summed E-state index contributed by atoms with van der Waals surface area (Å²) in [6, 6.07) is 2.70. The van der Waals surface area contributed by atoms with E-state index in [4.69, 9.17) is 10.5 Å². The van der Waals surface area contributed by atoms with Gasteiger partial charge >= 0.3 is 0 Å². The van der Waals surface area contributed by atoms with E-state index >= 15 is 0 Å². The molecule has 0 radical (unpaired) electrons. The molecule has 1 aliphatic heterocycles. The molecule has 1 aliphatic carbocycles. The monoisotopic (exact) mass is 459 g/mol. The van der Waals surface area contributed by atoms with Gasteiger partial charge in [0.25, 0.3) is 0 Å². The molecule has 1 aromatic heterocycles. The molecule has 32 heavy (non-hydrogen) atoms. The molecule has 2 heterocycles. The number of aromatic nitrogens is 2. The highest BCUT2D eigenvalue weighted by Gasteiger charge is 2.51. The Morgan fingerprint density at radius 3 is 2.81 bits per heavy atom. The van der Waals surface area contributed by atoms with Crippen LogP contribution >= 0.6 is 0 Å². The second-order valence-corrected chi connectivity index (χ2v) is 9.38. The van der Waals surface area contributed by atoms with E-state index in [1.54, 1.807) is 6.92 Å². The molecular formula is C21H19F2N5O3S. The van der Waals surface area contributed by atoms with Gasteiger partial charge in [0.15, 0.2) is 12.4 Å². The van der Waals surface area contributed by atoms with E-state index in [-0.39, 0.29) is 41.9 Å². The van der Waals surface area contributed by atoms with E-state index in [2.05, 4.69) is 26.8 Å². The molecule has 11 heteroatoms. The van der Waals surface area contributed by atoms with Crippen LogP contribution in [0.2, 0.25) is 0 Å². The molecule has 1 aromatic carbocycles. The number of sulfonamides is 1. The van der Waals surface area contributed by atoms with Gasteiger partial charge in [-0.15, -0.1) is 5.92 Å². The minimum absolute atomic E-state index is 0.0686. The number of hydrogen-bond acceptors (Lipinski definition) is 7. The maximum atomic E-state index is 14.7. The molecular weight excluding hydrogens is 440 g/mol. The first kappa shape index (κ1) is 21.7. The maximum Gasteiger partial charge on any atom is 0.239 e. The predicted molar refractivity (Wildman–Crippen MR) is 115 cm³/mol. The summed E-state index contributed by atoms with van der Waals surface area (Å²) in [6.07, 6.45) is 3.64. The van der Waals surface area contributed by atoms with Crippen molar-refractivity contribution in [3.05, 3.63) is 52.7 Å². The van der Waals surface area contributed by atoms with Crippen LogP contribution in [0, 0.1) is 17.7 Å². The third-order valence-electron chi connectivity index (χ3n) is 5.31. The van der Waals surface area contributed by atoms with E-state index in [1.807, 2.05) is 0 Å². The number of halogens is 2. The highest BCUT2D eigenvalue weighted by Crippen LogP contribution is 2.47. The quantitative estimate of drug-likeness (QED) is 0.699. The average molecular weight is 459 g/mol. The molecule has 0 amide bonds. The smallest absolute Gasteiger partial charge is 0.239 e. The summed E-state index contributed by atoms with van der Waals surface area (Å²) >= 11 is 0. The SMILES string of the molecule is CC#CCOc1cnc(/C(F)=C/c2cc(F)c3c(c2)[C@]2(C3)CS(=O)(=O)N(C)C(N)=N2)cn1. The normalized spacial score (nSPS) is 21.2. The lowest BCUT2D eigenvalue weighted by molar-refractivity contribution is 0.353. The first-order valence-corrected chi connectivity index (χ1v) is 11.1. The van der Waals surface area contributed by atoms with Crippen molar-refractivity contribution in [2.45, 2.75) is 18.9 Å². The van der Waals surface area contributed by atoms with E-state index < -0.39 is 27.2 Å². The Kier molecular flexibility index (Phi) is 5.34. The number of nitrogens with two attached hydrogens (primary N) is 1. The zero-order chi connectivity index (χ0) is 23.1. The molecule has 1 spiro atoms. The molecule has 0 saturated carbocycles. The highest BCUT2D eigenvalue weighted by atomic mass is 32.2. The fourth-order valence-electron chi connectivity index (χ4n) is 3.62. The Balaban J connectivity index is 1.63. The van der Waals surface area contributed by atoms with Crippen LogP contribution in [0.15, 0.2) is 29.5 Å². The third-order valence-corrected chi connectivity index (χ3v) is 7.18. The Morgan fingerprint density at radius 2 is 2.16 bits per heavy atom. The molecule has 0 bridgehead atoms. The summed E-state index contributed by atoms with van der Waals surface area (Å²) in [6.45, 7) is 1.81. The van der Waals surface area contributed by atoms with Gasteiger partial charge in [0.05, 0.1) is 18.1 Å². The molecule has 0 saturated heterocycles. The third kappa shape index (κ3) is 3.78. The number of fused-ring (bicyclic) bond motifs is 2. The Labute approximate surface area is 183 Å². The number of aliphatic imine (C=N–C) groups is 1. The average Bonchev–Trinajstić information content (AvgIpc) is 2.74. The van der Waals surface area contributed by atoms with Crippen LogP contribution in [0.4, 0.5) is 8.78 Å². The van der Waals surface area contributed by atoms with E-state index in [0.717, 1.165) is 10.4 Å². The molecule has 4 rings (SSSR count). The van der Waals surface area contributed by atoms with Crippen molar-refractivity contribution in [2.75, 3.05) is 19.4 Å². The number of benzene rings is 1. The van der Waals surface area contributed by atoms with Gasteiger partial charge in [0.1, 0.15) is 17.1 Å². The molecule has 2 aromatic rings. The minimum Gasteiger partial charge on any atom is -0.463 e. The zero-order valence-corrected chi connectivity index (χ0v) is 18.1. The standard InChI is InChI=1S/C21H19F2N5O3S/c1-3-4-5-31-19-11-25-18(10-26-19)17(23)8-13-6-15-14(16(22)7-13)9-21(15)12-32(29,30)28(2)20(24)27-21/h6-8,10-11H,5,9,12H2,1-2H3,(H2,24,27)/b17-8-/t21-/m0/s1. The van der Waals surface area contributed by atoms with Gasteiger partial charge in [-0.25, -0.2) is 36.5 Å². The van der Waals surface area contributed by atoms with Crippen molar-refractivity contribution < 1.29 is 21.9 Å². The Hall–Kier alpha value is -3.52. The van der Waals surface area contributed by atoms with Gasteiger partial charge in [-0.2, -0.15) is 0 Å². The van der Waals surface area contributed by atoms with Crippen molar-refractivity contribution in [3.8, 4) is 17.7 Å². The molecule has 166 valence electrons. The van der Waals surface area contributed by atoms with Gasteiger partial charge < -0.3 is 10.5 Å². The van der Waals surface area contributed by atoms with E-state index in [0.29, 0.717) is 11.1 Å². The van der Waals surface area contributed by atoms with Gasteiger partial charge in [-0.1, -0.05) is 5.92 Å². The van der Waals surface area contributed by atoms with E-state index in [9.17, 15) is 17.2 Å². The summed E-state index contributed by atoms with van der Waals surface area (Å²) in [5.74, 6) is 3.75. The largest absolute Gasteiger partial charge is 0.463 e. The second-order valence-electron chi connectivity index (χ2n) is 7.38. The molecule has 2 N–H and O–H groups in total. The number of hydrogen-bond donors (Lipinski definition) is 1. The first-order chi connectivity index (χ1) is 15.1. The highest BCUT2D eigenvalue weighted by molar-refractivity contribution is 7.89. The first-order valence-electron chi connectivity index (χ1n) is 9.52. The van der Waals surface area contributed by atoms with Crippen LogP contribution in [-0.2, 0) is 22.0 Å². The summed E-state index contributed by atoms with van der Waals surface area (Å²) in [4.78, 5) is 12.2. The van der Waals surface area contributed by atoms with Crippen LogP contribution in [0.1, 0.15) is 29.3 Å².